The molecule has 3 heteroatoms. The van der Waals surface area contributed by atoms with Crippen LogP contribution in [0, 0.1) is 0 Å². The van der Waals surface area contributed by atoms with Crippen LogP contribution < -0.4 is 0 Å². The van der Waals surface area contributed by atoms with Gasteiger partial charge in [-0.25, -0.2) is 0 Å². The summed E-state index contributed by atoms with van der Waals surface area (Å²) in [6.45, 7) is 4.45. The fourth-order valence-corrected chi connectivity index (χ4v) is 3.19. The highest BCUT2D eigenvalue weighted by atomic mass is 79.9. The summed E-state index contributed by atoms with van der Waals surface area (Å²) >= 11 is 3.64. The summed E-state index contributed by atoms with van der Waals surface area (Å²) in [7, 11) is 0. The number of alkyl halides is 1. The molecular weight excluding hydrogens is 312 g/mol. The van der Waals surface area contributed by atoms with Crippen molar-refractivity contribution in [1.82, 2.24) is 9.78 Å². The van der Waals surface area contributed by atoms with Gasteiger partial charge in [0.15, 0.2) is 0 Å². The van der Waals surface area contributed by atoms with Gasteiger partial charge < -0.3 is 0 Å². The van der Waals surface area contributed by atoms with Crippen LogP contribution in [0.3, 0.4) is 0 Å². The Labute approximate surface area is 130 Å². The highest BCUT2D eigenvalue weighted by Gasteiger charge is 2.14. The molecule has 0 radical (unpaired) electrons. The first-order valence-corrected chi connectivity index (χ1v) is 8.55. The van der Waals surface area contributed by atoms with Gasteiger partial charge in [-0.2, -0.15) is 5.10 Å². The van der Waals surface area contributed by atoms with Crippen molar-refractivity contribution in [2.75, 3.05) is 5.33 Å². The normalized spacial score (nSPS) is 12.8. The number of aromatic nitrogens is 2. The Morgan fingerprint density at radius 3 is 2.40 bits per heavy atom. The van der Waals surface area contributed by atoms with E-state index < -0.39 is 0 Å². The third kappa shape index (κ3) is 3.72. The zero-order chi connectivity index (χ0) is 14.4. The van der Waals surface area contributed by atoms with Gasteiger partial charge in [0.25, 0.3) is 0 Å². The molecule has 0 saturated carbocycles. The van der Waals surface area contributed by atoms with Crippen LogP contribution in [0.4, 0.5) is 0 Å². The molecule has 0 aliphatic rings. The molecule has 0 spiro atoms. The lowest BCUT2D eigenvalue weighted by atomic mass is 9.96. The summed E-state index contributed by atoms with van der Waals surface area (Å²) in [4.78, 5) is 0. The van der Waals surface area contributed by atoms with Gasteiger partial charge in [-0.15, -0.1) is 0 Å². The van der Waals surface area contributed by atoms with Crippen molar-refractivity contribution in [3.63, 3.8) is 0 Å². The summed E-state index contributed by atoms with van der Waals surface area (Å²) in [6, 6.07) is 13.4. The molecule has 0 fully saturated rings. The molecule has 2 aromatic rings. The zero-order valence-electron chi connectivity index (χ0n) is 12.3. The van der Waals surface area contributed by atoms with E-state index in [2.05, 4.69) is 77.1 Å². The molecule has 0 N–H and O–H groups in total. The summed E-state index contributed by atoms with van der Waals surface area (Å²) in [5, 5.41) is 5.73. The Kier molecular flexibility index (Phi) is 5.84. The quantitative estimate of drug-likeness (QED) is 0.654. The summed E-state index contributed by atoms with van der Waals surface area (Å²) in [5.74, 6) is 0.487. The van der Waals surface area contributed by atoms with Gasteiger partial charge in [0.05, 0.1) is 11.7 Å². The lowest BCUT2D eigenvalue weighted by Gasteiger charge is -2.14. The predicted molar refractivity (Wildman–Crippen MR) is 88.5 cm³/mol. The number of hydrogen-bond acceptors (Lipinski definition) is 1. The minimum absolute atomic E-state index is 0.487. The molecule has 1 aromatic carbocycles. The lowest BCUT2D eigenvalue weighted by molar-refractivity contribution is 0.424. The first kappa shape index (κ1) is 15.3. The SMILES string of the molecule is CCC(CC)n1ccc(CC(CBr)c2ccccc2)n1. The molecule has 0 amide bonds. The highest BCUT2D eigenvalue weighted by Crippen LogP contribution is 2.23. The van der Waals surface area contributed by atoms with Crippen LogP contribution in [-0.4, -0.2) is 15.1 Å². The first-order valence-electron chi connectivity index (χ1n) is 7.43. The standard InChI is InChI=1S/C17H23BrN2/c1-3-17(4-2)20-11-10-16(19-20)12-15(13-18)14-8-6-5-7-9-14/h5-11,15,17H,3-4,12-13H2,1-2H3. The van der Waals surface area contributed by atoms with Gasteiger partial charge in [0.1, 0.15) is 0 Å². The summed E-state index contributed by atoms with van der Waals surface area (Å²) in [6.07, 6.45) is 5.39. The monoisotopic (exact) mass is 334 g/mol. The Hall–Kier alpha value is -1.09. The molecule has 1 aromatic heterocycles. The van der Waals surface area contributed by atoms with Crippen molar-refractivity contribution in [3.8, 4) is 0 Å². The highest BCUT2D eigenvalue weighted by molar-refractivity contribution is 9.09. The number of rotatable bonds is 7. The van der Waals surface area contributed by atoms with Crippen LogP contribution in [0.1, 0.15) is 49.9 Å². The Balaban J connectivity index is 2.09. The topological polar surface area (TPSA) is 17.8 Å². The van der Waals surface area contributed by atoms with E-state index >= 15 is 0 Å². The van der Waals surface area contributed by atoms with Crippen molar-refractivity contribution in [1.29, 1.82) is 0 Å². The number of benzene rings is 1. The smallest absolute Gasteiger partial charge is 0.0631 e. The van der Waals surface area contributed by atoms with E-state index in [0.29, 0.717) is 12.0 Å². The molecular formula is C17H23BrN2. The van der Waals surface area contributed by atoms with Gasteiger partial charge in [-0.1, -0.05) is 60.1 Å². The van der Waals surface area contributed by atoms with Crippen LogP contribution in [0.15, 0.2) is 42.6 Å². The molecule has 0 aliphatic carbocycles. The second kappa shape index (κ2) is 7.63. The van der Waals surface area contributed by atoms with E-state index in [4.69, 9.17) is 5.10 Å². The van der Waals surface area contributed by atoms with E-state index in [-0.39, 0.29) is 0 Å². The van der Waals surface area contributed by atoms with Gasteiger partial charge in [-0.3, -0.25) is 4.68 Å². The van der Waals surface area contributed by atoms with E-state index in [9.17, 15) is 0 Å². The van der Waals surface area contributed by atoms with Crippen molar-refractivity contribution < 1.29 is 0 Å². The van der Waals surface area contributed by atoms with Crippen LogP contribution in [0.5, 0.6) is 0 Å². The number of hydrogen-bond donors (Lipinski definition) is 0. The third-order valence-corrected chi connectivity index (χ3v) is 4.67. The molecule has 2 nitrogen and oxygen atoms in total. The predicted octanol–water partition coefficient (Wildman–Crippen LogP) is 4.97. The van der Waals surface area contributed by atoms with Crippen molar-refractivity contribution >= 4 is 15.9 Å². The van der Waals surface area contributed by atoms with E-state index in [0.717, 1.165) is 24.6 Å². The minimum Gasteiger partial charge on any atom is -0.269 e. The van der Waals surface area contributed by atoms with Gasteiger partial charge in [0, 0.05) is 11.5 Å². The van der Waals surface area contributed by atoms with E-state index in [1.54, 1.807) is 0 Å². The number of halogens is 1. The van der Waals surface area contributed by atoms with Gasteiger partial charge in [-0.05, 0) is 36.8 Å². The maximum atomic E-state index is 4.76. The average molecular weight is 335 g/mol. The fraction of sp³-hybridized carbons (Fsp3) is 0.471. The maximum Gasteiger partial charge on any atom is 0.0631 e. The molecule has 108 valence electrons. The lowest BCUT2D eigenvalue weighted by Crippen LogP contribution is -2.09. The van der Waals surface area contributed by atoms with E-state index in [1.807, 2.05) is 0 Å². The molecule has 0 aliphatic heterocycles. The summed E-state index contributed by atoms with van der Waals surface area (Å²) < 4.78 is 2.13. The maximum absolute atomic E-state index is 4.76. The molecule has 1 unspecified atom stereocenters. The second-order valence-electron chi connectivity index (χ2n) is 5.22. The van der Waals surface area contributed by atoms with Crippen LogP contribution >= 0.6 is 15.9 Å². The molecule has 20 heavy (non-hydrogen) atoms. The van der Waals surface area contributed by atoms with Crippen molar-refractivity contribution in [3.05, 3.63) is 53.9 Å². The molecule has 2 rings (SSSR count). The largest absolute Gasteiger partial charge is 0.269 e. The third-order valence-electron chi connectivity index (χ3n) is 3.89. The minimum atomic E-state index is 0.487. The average Bonchev–Trinajstić information content (AvgIpc) is 2.95. The van der Waals surface area contributed by atoms with Gasteiger partial charge >= 0.3 is 0 Å². The number of nitrogens with zero attached hydrogens (tertiary/aromatic N) is 2. The Morgan fingerprint density at radius 1 is 1.10 bits per heavy atom. The Bertz CT molecular complexity index is 503. The first-order chi connectivity index (χ1) is 9.78. The van der Waals surface area contributed by atoms with Crippen LogP contribution in [0.25, 0.3) is 0 Å². The Morgan fingerprint density at radius 2 is 1.80 bits per heavy atom. The fourth-order valence-electron chi connectivity index (χ4n) is 2.59. The van der Waals surface area contributed by atoms with Crippen LogP contribution in [0.2, 0.25) is 0 Å². The second-order valence-corrected chi connectivity index (χ2v) is 5.87. The van der Waals surface area contributed by atoms with Crippen LogP contribution in [-0.2, 0) is 6.42 Å². The molecule has 1 atom stereocenters. The van der Waals surface area contributed by atoms with Gasteiger partial charge in [0.2, 0.25) is 0 Å². The van der Waals surface area contributed by atoms with Crippen molar-refractivity contribution in [2.24, 2.45) is 0 Å². The van der Waals surface area contributed by atoms with Crippen molar-refractivity contribution in [2.45, 2.75) is 45.1 Å². The molecule has 0 saturated heterocycles. The van der Waals surface area contributed by atoms with E-state index in [1.165, 1.54) is 11.3 Å². The molecule has 1 heterocycles. The summed E-state index contributed by atoms with van der Waals surface area (Å²) in [5.41, 5.74) is 2.56. The zero-order valence-corrected chi connectivity index (χ0v) is 13.9. The molecule has 0 bridgehead atoms.